The van der Waals surface area contributed by atoms with Gasteiger partial charge in [-0.1, -0.05) is 44.2 Å². The average molecular weight is 463 g/mol. The molecule has 0 spiro atoms. The van der Waals surface area contributed by atoms with Crippen LogP contribution in [-0.4, -0.2) is 34.0 Å². The Morgan fingerprint density at radius 2 is 1.12 bits per heavy atom. The Kier molecular flexibility index (Phi) is 8.66. The van der Waals surface area contributed by atoms with E-state index in [4.69, 9.17) is 10.2 Å². The number of allylic oxidation sites excluding steroid dienone is 2. The van der Waals surface area contributed by atoms with Gasteiger partial charge in [0, 0.05) is 41.1 Å². The van der Waals surface area contributed by atoms with Crippen molar-refractivity contribution < 1.29 is 29.4 Å². The van der Waals surface area contributed by atoms with Gasteiger partial charge in [-0.2, -0.15) is 0 Å². The molecule has 0 unspecified atom stereocenters. The van der Waals surface area contributed by atoms with E-state index < -0.39 is 23.8 Å². The molecule has 2 rings (SSSR count). The molecule has 4 N–H and O–H groups in total. The Hall–Kier alpha value is -4.46. The first kappa shape index (κ1) is 25.8. The highest BCUT2D eigenvalue weighted by atomic mass is 16.4. The molecular formula is C26H26N2O6. The summed E-state index contributed by atoms with van der Waals surface area (Å²) in [6.45, 7) is 6.10. The van der Waals surface area contributed by atoms with E-state index in [2.05, 4.69) is 30.6 Å². The average Bonchev–Trinajstić information content (AvgIpc) is 2.77. The van der Waals surface area contributed by atoms with Crippen LogP contribution in [0.5, 0.6) is 0 Å². The van der Waals surface area contributed by atoms with Crippen molar-refractivity contribution in [2.45, 2.75) is 26.2 Å². The van der Waals surface area contributed by atoms with Crippen molar-refractivity contribution >= 4 is 40.7 Å². The number of hydrogen-bond acceptors (Lipinski definition) is 4. The van der Waals surface area contributed by atoms with Gasteiger partial charge in [-0.15, -0.1) is 0 Å². The van der Waals surface area contributed by atoms with Crippen molar-refractivity contribution in [1.29, 1.82) is 0 Å². The first-order chi connectivity index (χ1) is 16.0. The minimum atomic E-state index is -1.19. The van der Waals surface area contributed by atoms with E-state index >= 15 is 0 Å². The quantitative estimate of drug-likeness (QED) is 0.412. The van der Waals surface area contributed by atoms with Crippen LogP contribution < -0.4 is 10.6 Å². The Labute approximate surface area is 197 Å². The Morgan fingerprint density at radius 3 is 1.53 bits per heavy atom. The van der Waals surface area contributed by atoms with Crippen LogP contribution in [0.25, 0.3) is 5.57 Å². The topological polar surface area (TPSA) is 133 Å². The summed E-state index contributed by atoms with van der Waals surface area (Å²) in [5.74, 6) is -3.44. The third kappa shape index (κ3) is 8.23. The fourth-order valence-electron chi connectivity index (χ4n) is 3.17. The predicted octanol–water partition coefficient (Wildman–Crippen LogP) is 4.23. The zero-order valence-corrected chi connectivity index (χ0v) is 19.0. The number of carboxylic acids is 2. The second kappa shape index (κ2) is 11.4. The largest absolute Gasteiger partial charge is 0.478 e. The van der Waals surface area contributed by atoms with Crippen molar-refractivity contribution in [3.8, 4) is 0 Å². The lowest BCUT2D eigenvalue weighted by Crippen LogP contribution is -2.15. The van der Waals surface area contributed by atoms with E-state index in [1.165, 1.54) is 0 Å². The van der Waals surface area contributed by atoms with Crippen LogP contribution in [0.15, 0.2) is 78.9 Å². The van der Waals surface area contributed by atoms with Gasteiger partial charge in [0.05, 0.1) is 0 Å². The van der Waals surface area contributed by atoms with Gasteiger partial charge in [-0.3, -0.25) is 9.59 Å². The fraction of sp³-hybridized carbons (Fsp3) is 0.154. The lowest BCUT2D eigenvalue weighted by molar-refractivity contribution is -0.132. The maximum atomic E-state index is 11.7. The summed E-state index contributed by atoms with van der Waals surface area (Å²) < 4.78 is 0. The summed E-state index contributed by atoms with van der Waals surface area (Å²) >= 11 is 0. The lowest BCUT2D eigenvalue weighted by atomic mass is 9.82. The summed E-state index contributed by atoms with van der Waals surface area (Å²) in [7, 11) is 0. The van der Waals surface area contributed by atoms with Gasteiger partial charge in [0.25, 0.3) is 0 Å². The van der Waals surface area contributed by atoms with Gasteiger partial charge >= 0.3 is 11.9 Å². The number of carbonyl (C=O) groups is 4. The lowest BCUT2D eigenvalue weighted by Gasteiger charge is -2.23. The van der Waals surface area contributed by atoms with Gasteiger partial charge in [-0.05, 0) is 47.9 Å². The van der Waals surface area contributed by atoms with Crippen LogP contribution in [0.3, 0.4) is 0 Å². The van der Waals surface area contributed by atoms with E-state index in [1.54, 1.807) is 24.3 Å². The molecule has 0 aromatic heterocycles. The van der Waals surface area contributed by atoms with E-state index in [9.17, 15) is 19.2 Å². The van der Waals surface area contributed by atoms with Gasteiger partial charge in [0.1, 0.15) is 0 Å². The number of benzene rings is 2. The smallest absolute Gasteiger partial charge is 0.328 e. The number of rotatable bonds is 9. The van der Waals surface area contributed by atoms with Crippen molar-refractivity contribution in [2.75, 3.05) is 10.6 Å². The van der Waals surface area contributed by atoms with E-state index in [1.807, 2.05) is 31.2 Å². The first-order valence-corrected chi connectivity index (χ1v) is 10.3. The van der Waals surface area contributed by atoms with Crippen LogP contribution in [-0.2, 0) is 24.6 Å². The summed E-state index contributed by atoms with van der Waals surface area (Å²) in [5.41, 5.74) is 3.76. The molecule has 0 aliphatic carbocycles. The Bertz CT molecular complexity index is 1160. The molecule has 0 saturated carbocycles. The van der Waals surface area contributed by atoms with Crippen LogP contribution in [0.4, 0.5) is 11.4 Å². The number of anilines is 2. The number of carbonyl (C=O) groups excluding carboxylic acids is 2. The van der Waals surface area contributed by atoms with Gasteiger partial charge < -0.3 is 20.8 Å². The van der Waals surface area contributed by atoms with Crippen molar-refractivity contribution in [3.05, 3.63) is 90.0 Å². The summed E-state index contributed by atoms with van der Waals surface area (Å²) in [6, 6.07) is 14.5. The molecule has 2 aromatic carbocycles. The SMILES string of the molecule is CC(=CC(C)(C)c1ccc(NC(=O)C=CC(=O)O)cc1)c1ccc(NC(=O)C=CC(=O)O)cc1. The number of nitrogens with one attached hydrogen (secondary N) is 2. The van der Waals surface area contributed by atoms with Gasteiger partial charge in [0.15, 0.2) is 0 Å². The van der Waals surface area contributed by atoms with Gasteiger partial charge in [0.2, 0.25) is 11.8 Å². The Balaban J connectivity index is 2.08. The minimum Gasteiger partial charge on any atom is -0.478 e. The third-order valence-electron chi connectivity index (χ3n) is 4.84. The van der Waals surface area contributed by atoms with E-state index in [-0.39, 0.29) is 5.41 Å². The van der Waals surface area contributed by atoms with Crippen LogP contribution in [0.2, 0.25) is 0 Å². The van der Waals surface area contributed by atoms with E-state index in [0.717, 1.165) is 41.0 Å². The van der Waals surface area contributed by atoms with Crippen LogP contribution in [0.1, 0.15) is 31.9 Å². The first-order valence-electron chi connectivity index (χ1n) is 10.3. The number of aliphatic carboxylic acids is 2. The standard InChI is InChI=1S/C26H26N2O6/c1-17(18-4-8-20(9-5-18)27-22(29)12-14-24(31)32)16-26(2,3)19-6-10-21(11-7-19)28-23(30)13-15-25(33)34/h4-16H,1-3H3,(H,27,29)(H,28,30)(H,31,32)(H,33,34). The van der Waals surface area contributed by atoms with Crippen LogP contribution in [0, 0.1) is 0 Å². The van der Waals surface area contributed by atoms with E-state index in [0.29, 0.717) is 11.4 Å². The number of carboxylic acid groups (broad SMARTS) is 2. The predicted molar refractivity (Wildman–Crippen MR) is 130 cm³/mol. The highest BCUT2D eigenvalue weighted by Gasteiger charge is 2.18. The highest BCUT2D eigenvalue weighted by molar-refractivity contribution is 6.03. The highest BCUT2D eigenvalue weighted by Crippen LogP contribution is 2.30. The summed E-state index contributed by atoms with van der Waals surface area (Å²) in [6.07, 6.45) is 5.56. The number of hydrogen-bond donors (Lipinski definition) is 4. The molecule has 34 heavy (non-hydrogen) atoms. The van der Waals surface area contributed by atoms with Gasteiger partial charge in [-0.25, -0.2) is 9.59 Å². The van der Waals surface area contributed by atoms with Crippen LogP contribution >= 0.6 is 0 Å². The third-order valence-corrected chi connectivity index (χ3v) is 4.84. The maximum absolute atomic E-state index is 11.7. The minimum absolute atomic E-state index is 0.329. The molecular weight excluding hydrogens is 436 g/mol. The zero-order chi connectivity index (χ0) is 25.3. The molecule has 2 amide bonds. The molecule has 8 nitrogen and oxygen atoms in total. The Morgan fingerprint density at radius 1 is 0.706 bits per heavy atom. The molecule has 0 atom stereocenters. The molecule has 0 aliphatic heterocycles. The molecule has 0 saturated heterocycles. The van der Waals surface area contributed by atoms with Crippen molar-refractivity contribution in [1.82, 2.24) is 0 Å². The molecule has 0 radical (unpaired) electrons. The summed E-state index contributed by atoms with van der Waals surface area (Å²) in [5, 5.41) is 22.4. The molecule has 0 heterocycles. The second-order valence-corrected chi connectivity index (χ2v) is 8.03. The molecule has 0 aliphatic rings. The summed E-state index contributed by atoms with van der Waals surface area (Å²) in [4.78, 5) is 44.4. The molecule has 176 valence electrons. The fourth-order valence-corrected chi connectivity index (χ4v) is 3.17. The molecule has 8 heteroatoms. The second-order valence-electron chi connectivity index (χ2n) is 8.03. The molecule has 0 bridgehead atoms. The molecule has 0 fully saturated rings. The number of amides is 2. The normalized spacial score (nSPS) is 12.0. The maximum Gasteiger partial charge on any atom is 0.328 e. The van der Waals surface area contributed by atoms with Crippen molar-refractivity contribution in [2.24, 2.45) is 0 Å². The molecule has 2 aromatic rings. The monoisotopic (exact) mass is 462 g/mol. The zero-order valence-electron chi connectivity index (χ0n) is 19.0. The van der Waals surface area contributed by atoms with Crippen molar-refractivity contribution in [3.63, 3.8) is 0 Å².